The minimum absolute atomic E-state index is 0.0565. The minimum atomic E-state index is 0.0565. The smallest absolute Gasteiger partial charge is 0.221 e. The third kappa shape index (κ3) is 5.35. The van der Waals surface area contributed by atoms with Gasteiger partial charge in [0.25, 0.3) is 0 Å². The Balaban J connectivity index is 2.06. The van der Waals surface area contributed by atoms with Gasteiger partial charge in [-0.15, -0.1) is 0 Å². The van der Waals surface area contributed by atoms with Gasteiger partial charge in [0.1, 0.15) is 5.84 Å². The molecule has 0 amide bonds. The van der Waals surface area contributed by atoms with Crippen LogP contribution < -0.4 is 16.4 Å². The second kappa shape index (κ2) is 9.45. The van der Waals surface area contributed by atoms with Gasteiger partial charge in [0, 0.05) is 12.2 Å². The second-order valence-corrected chi connectivity index (χ2v) is 6.24. The van der Waals surface area contributed by atoms with Crippen LogP contribution in [0.2, 0.25) is 0 Å². The number of hydrogen-bond donors (Lipinski definition) is 4. The molecule has 0 unspecified atom stereocenters. The summed E-state index contributed by atoms with van der Waals surface area (Å²) in [6.07, 6.45) is 7.33. The van der Waals surface area contributed by atoms with Gasteiger partial charge < -0.3 is 16.4 Å². The van der Waals surface area contributed by atoms with Crippen LogP contribution in [0.1, 0.15) is 37.3 Å². The van der Waals surface area contributed by atoms with Crippen molar-refractivity contribution in [2.45, 2.75) is 39.0 Å². The Labute approximate surface area is 148 Å². The molecule has 0 fully saturated rings. The third-order valence-corrected chi connectivity index (χ3v) is 4.39. The van der Waals surface area contributed by atoms with Gasteiger partial charge in [-0.25, -0.2) is 0 Å². The Hall–Kier alpha value is -1.85. The summed E-state index contributed by atoms with van der Waals surface area (Å²) in [5.74, 6) is 0.545. The molecule has 5 nitrogen and oxygen atoms in total. The lowest BCUT2D eigenvalue weighted by Gasteiger charge is -2.17. The monoisotopic (exact) mass is 347 g/mol. The lowest BCUT2D eigenvalue weighted by Crippen LogP contribution is -2.28. The van der Waals surface area contributed by atoms with Crippen molar-refractivity contribution in [3.05, 3.63) is 40.4 Å². The number of nitrogens with two attached hydrogens (primary N) is 1. The van der Waals surface area contributed by atoms with Crippen LogP contribution in [0.4, 0.5) is 5.69 Å². The van der Waals surface area contributed by atoms with Crippen molar-refractivity contribution < 1.29 is 0 Å². The summed E-state index contributed by atoms with van der Waals surface area (Å²) in [6, 6.07) is 6.28. The van der Waals surface area contributed by atoms with Gasteiger partial charge >= 0.3 is 0 Å². The van der Waals surface area contributed by atoms with Crippen molar-refractivity contribution in [2.75, 3.05) is 18.4 Å². The van der Waals surface area contributed by atoms with Crippen LogP contribution in [-0.4, -0.2) is 24.9 Å². The fourth-order valence-electron chi connectivity index (χ4n) is 2.71. The minimum Gasteiger partial charge on any atom is -0.369 e. The number of amidine groups is 1. The maximum atomic E-state index is 8.10. The average Bonchev–Trinajstić information content (AvgIpc) is 2.60. The number of nitrogens with one attached hydrogen (secondary N) is 3. The van der Waals surface area contributed by atoms with Crippen LogP contribution in [0.25, 0.3) is 0 Å². The van der Waals surface area contributed by atoms with Crippen molar-refractivity contribution in [3.8, 4) is 0 Å². The zero-order valence-electron chi connectivity index (χ0n) is 14.2. The molecule has 0 heterocycles. The Morgan fingerprint density at radius 1 is 1.33 bits per heavy atom. The molecular formula is C18H26ClN5. The van der Waals surface area contributed by atoms with Crippen LogP contribution in [-0.2, 0) is 12.8 Å². The molecule has 0 radical (unpaired) electrons. The molecular weight excluding hydrogens is 322 g/mol. The van der Waals surface area contributed by atoms with Crippen molar-refractivity contribution in [3.63, 3.8) is 0 Å². The number of aryl methyl sites for hydroxylation is 2. The molecule has 1 aromatic carbocycles. The third-order valence-electron chi connectivity index (χ3n) is 3.99. The van der Waals surface area contributed by atoms with Gasteiger partial charge in [0.05, 0.1) is 5.03 Å². The molecule has 130 valence electrons. The van der Waals surface area contributed by atoms with Gasteiger partial charge in [-0.1, -0.05) is 23.7 Å². The zero-order chi connectivity index (χ0) is 17.4. The standard InChI is InChI=1S/C18H26ClN5/c1-2-16(19)17(22-11-5-10-20)24-18(21)23-15-9-8-13-6-3-4-7-14(13)12-15/h2,8-9,12H,3-7,10-11,20H2,1H3,(H3,21,22,23,24)/b16-2+. The van der Waals surface area contributed by atoms with E-state index in [0.29, 0.717) is 24.0 Å². The molecule has 6 heteroatoms. The molecule has 24 heavy (non-hydrogen) atoms. The number of nitrogens with zero attached hydrogens (tertiary/aromatic N) is 1. The van der Waals surface area contributed by atoms with Crippen LogP contribution in [0.5, 0.6) is 0 Å². The lowest BCUT2D eigenvalue weighted by molar-refractivity contribution is 0.686. The van der Waals surface area contributed by atoms with Crippen LogP contribution >= 0.6 is 11.6 Å². The van der Waals surface area contributed by atoms with Gasteiger partial charge in [-0.2, -0.15) is 4.99 Å². The number of aliphatic imine (C=N–C) groups is 1. The van der Waals surface area contributed by atoms with Gasteiger partial charge in [-0.05, 0) is 68.8 Å². The van der Waals surface area contributed by atoms with E-state index in [-0.39, 0.29) is 5.96 Å². The van der Waals surface area contributed by atoms with E-state index >= 15 is 0 Å². The van der Waals surface area contributed by atoms with E-state index in [1.54, 1.807) is 6.08 Å². The Morgan fingerprint density at radius 2 is 2.08 bits per heavy atom. The number of fused-ring (bicyclic) bond motifs is 1. The molecule has 0 aromatic heterocycles. The quantitative estimate of drug-likeness (QED) is 0.374. The molecule has 5 N–H and O–H groups in total. The fraction of sp³-hybridized carbons (Fsp3) is 0.444. The highest BCUT2D eigenvalue weighted by molar-refractivity contribution is 6.43. The van der Waals surface area contributed by atoms with Gasteiger partial charge in [-0.3, -0.25) is 5.41 Å². The highest BCUT2D eigenvalue weighted by Gasteiger charge is 2.10. The topological polar surface area (TPSA) is 86.3 Å². The summed E-state index contributed by atoms with van der Waals surface area (Å²) < 4.78 is 0. The number of guanidine groups is 1. The first-order chi connectivity index (χ1) is 11.6. The van der Waals surface area contributed by atoms with Crippen molar-refractivity contribution in [1.29, 1.82) is 5.41 Å². The molecule has 1 aliphatic carbocycles. The molecule has 0 bridgehead atoms. The van der Waals surface area contributed by atoms with Crippen LogP contribution in [0.3, 0.4) is 0 Å². The first kappa shape index (κ1) is 18.5. The Bertz CT molecular complexity index is 636. The average molecular weight is 348 g/mol. The number of anilines is 1. The summed E-state index contributed by atoms with van der Waals surface area (Å²) in [5.41, 5.74) is 9.18. The van der Waals surface area contributed by atoms with E-state index < -0.39 is 0 Å². The summed E-state index contributed by atoms with van der Waals surface area (Å²) in [6.45, 7) is 3.10. The van der Waals surface area contributed by atoms with Crippen molar-refractivity contribution >= 4 is 29.1 Å². The molecule has 0 spiro atoms. The van der Waals surface area contributed by atoms with E-state index in [4.69, 9.17) is 22.7 Å². The van der Waals surface area contributed by atoms with E-state index in [9.17, 15) is 0 Å². The van der Waals surface area contributed by atoms with Gasteiger partial charge in [0.15, 0.2) is 0 Å². The molecule has 0 saturated carbocycles. The summed E-state index contributed by atoms with van der Waals surface area (Å²) in [4.78, 5) is 4.26. The number of halogens is 1. The normalized spacial score (nSPS) is 15.0. The maximum absolute atomic E-state index is 8.10. The number of allylic oxidation sites excluding steroid dienone is 1. The van der Waals surface area contributed by atoms with E-state index in [2.05, 4.69) is 27.8 Å². The predicted octanol–water partition coefficient (Wildman–Crippen LogP) is 3.39. The first-order valence-corrected chi connectivity index (χ1v) is 8.84. The van der Waals surface area contributed by atoms with Crippen molar-refractivity contribution in [2.24, 2.45) is 10.7 Å². The Kier molecular flexibility index (Phi) is 7.28. The van der Waals surface area contributed by atoms with E-state index in [1.165, 1.54) is 24.0 Å². The first-order valence-electron chi connectivity index (χ1n) is 8.46. The Morgan fingerprint density at radius 3 is 2.79 bits per heavy atom. The molecule has 1 aromatic rings. The summed E-state index contributed by atoms with van der Waals surface area (Å²) in [7, 11) is 0. The highest BCUT2D eigenvalue weighted by atomic mass is 35.5. The maximum Gasteiger partial charge on any atom is 0.221 e. The van der Waals surface area contributed by atoms with Gasteiger partial charge in [0.2, 0.25) is 5.96 Å². The molecule has 0 aliphatic heterocycles. The fourth-order valence-corrected chi connectivity index (χ4v) is 2.82. The van der Waals surface area contributed by atoms with Crippen molar-refractivity contribution in [1.82, 2.24) is 5.32 Å². The number of benzene rings is 1. The largest absolute Gasteiger partial charge is 0.369 e. The SMILES string of the molecule is C/C=C(Cl)\C(=N/C(=N)Nc1ccc2c(c1)CCCC2)NCCCN. The van der Waals surface area contributed by atoms with E-state index in [1.807, 2.05) is 13.0 Å². The van der Waals surface area contributed by atoms with E-state index in [0.717, 1.165) is 24.9 Å². The molecule has 1 aliphatic rings. The highest BCUT2D eigenvalue weighted by Crippen LogP contribution is 2.24. The molecule has 2 rings (SSSR count). The predicted molar refractivity (Wildman–Crippen MR) is 103 cm³/mol. The number of hydrogen-bond acceptors (Lipinski definition) is 2. The summed E-state index contributed by atoms with van der Waals surface area (Å²) >= 11 is 6.16. The van der Waals surface area contributed by atoms with Crippen LogP contribution in [0.15, 0.2) is 34.3 Å². The zero-order valence-corrected chi connectivity index (χ0v) is 14.9. The number of rotatable bonds is 5. The lowest BCUT2D eigenvalue weighted by atomic mass is 9.91. The summed E-state index contributed by atoms with van der Waals surface area (Å²) in [5, 5.41) is 14.8. The molecule has 0 atom stereocenters. The molecule has 0 saturated heterocycles. The second-order valence-electron chi connectivity index (χ2n) is 5.83. The van der Waals surface area contributed by atoms with Crippen LogP contribution in [0, 0.1) is 5.41 Å².